The molecule has 0 amide bonds. The molecule has 1 unspecified atom stereocenters. The quantitative estimate of drug-likeness (QED) is 0.871. The van der Waals surface area contributed by atoms with Crippen LogP contribution in [0, 0.1) is 12.8 Å². The fourth-order valence-electron chi connectivity index (χ4n) is 2.81. The van der Waals surface area contributed by atoms with Gasteiger partial charge in [-0.15, -0.1) is 0 Å². The largest absolute Gasteiger partial charge is 0.355 e. The first kappa shape index (κ1) is 16.2. The van der Waals surface area contributed by atoms with Crippen molar-refractivity contribution in [2.75, 3.05) is 38.6 Å². The Morgan fingerprint density at radius 2 is 2.14 bits per heavy atom. The summed E-state index contributed by atoms with van der Waals surface area (Å²) < 4.78 is 0. The van der Waals surface area contributed by atoms with Crippen LogP contribution in [0.25, 0.3) is 0 Å². The van der Waals surface area contributed by atoms with Gasteiger partial charge in [-0.25, -0.2) is 4.98 Å². The van der Waals surface area contributed by atoms with Crippen LogP contribution in [0.4, 0.5) is 5.82 Å². The number of nitrogens with one attached hydrogen (secondary N) is 1. The van der Waals surface area contributed by atoms with Crippen LogP contribution in [0.2, 0.25) is 0 Å². The Morgan fingerprint density at radius 1 is 1.38 bits per heavy atom. The van der Waals surface area contributed by atoms with E-state index in [1.54, 1.807) is 0 Å². The lowest BCUT2D eigenvalue weighted by atomic mass is 10.2. The molecule has 0 radical (unpaired) electrons. The molecule has 1 aliphatic heterocycles. The SMILES string of the molecule is Cc1nc(N2CCC(N(C)C)C2)ccc1CNCC(C)C. The lowest BCUT2D eigenvalue weighted by Gasteiger charge is -2.21. The van der Waals surface area contributed by atoms with Gasteiger partial charge in [-0.3, -0.25) is 0 Å². The molecule has 1 saturated heterocycles. The Morgan fingerprint density at radius 3 is 2.71 bits per heavy atom. The second kappa shape index (κ2) is 7.23. The van der Waals surface area contributed by atoms with Crippen molar-refractivity contribution in [3.8, 4) is 0 Å². The molecule has 1 aromatic rings. The molecule has 0 saturated carbocycles. The number of likely N-dealkylation sites (N-methyl/N-ethyl adjacent to an activating group) is 1. The number of aryl methyl sites for hydroxylation is 1. The summed E-state index contributed by atoms with van der Waals surface area (Å²) >= 11 is 0. The molecule has 1 fully saturated rings. The zero-order valence-corrected chi connectivity index (χ0v) is 14.2. The molecule has 0 spiro atoms. The van der Waals surface area contributed by atoms with Gasteiger partial charge >= 0.3 is 0 Å². The van der Waals surface area contributed by atoms with Crippen LogP contribution < -0.4 is 10.2 Å². The third-order valence-corrected chi connectivity index (χ3v) is 4.27. The number of hydrogen-bond acceptors (Lipinski definition) is 4. The van der Waals surface area contributed by atoms with Gasteiger partial charge in [0.1, 0.15) is 5.82 Å². The average Bonchev–Trinajstić information content (AvgIpc) is 2.90. The molecule has 0 bridgehead atoms. The Bertz CT molecular complexity index is 456. The molecule has 4 heteroatoms. The molecule has 2 rings (SSSR count). The molecule has 1 atom stereocenters. The van der Waals surface area contributed by atoms with E-state index in [0.717, 1.165) is 37.7 Å². The van der Waals surface area contributed by atoms with Crippen LogP contribution in [-0.4, -0.2) is 49.7 Å². The molecule has 1 aromatic heterocycles. The van der Waals surface area contributed by atoms with E-state index in [1.165, 1.54) is 12.0 Å². The first-order chi connectivity index (χ1) is 9.97. The number of nitrogens with zero attached hydrogens (tertiary/aromatic N) is 3. The van der Waals surface area contributed by atoms with Crippen molar-refractivity contribution in [1.29, 1.82) is 0 Å². The zero-order valence-electron chi connectivity index (χ0n) is 14.2. The smallest absolute Gasteiger partial charge is 0.128 e. The van der Waals surface area contributed by atoms with E-state index in [4.69, 9.17) is 4.98 Å². The minimum absolute atomic E-state index is 0.652. The highest BCUT2D eigenvalue weighted by atomic mass is 15.3. The second-order valence-electron chi connectivity index (χ2n) is 6.79. The topological polar surface area (TPSA) is 31.4 Å². The summed E-state index contributed by atoms with van der Waals surface area (Å²) in [5, 5.41) is 3.49. The summed E-state index contributed by atoms with van der Waals surface area (Å²) in [7, 11) is 4.33. The van der Waals surface area contributed by atoms with Crippen molar-refractivity contribution >= 4 is 5.82 Å². The second-order valence-corrected chi connectivity index (χ2v) is 6.79. The normalized spacial score (nSPS) is 19.0. The summed E-state index contributed by atoms with van der Waals surface area (Å²) in [5.74, 6) is 1.81. The maximum atomic E-state index is 4.81. The molecule has 118 valence electrons. The molecule has 0 aliphatic carbocycles. The van der Waals surface area contributed by atoms with E-state index in [2.05, 4.69) is 62.1 Å². The predicted molar refractivity (Wildman–Crippen MR) is 89.8 cm³/mol. The van der Waals surface area contributed by atoms with Crippen molar-refractivity contribution < 1.29 is 0 Å². The van der Waals surface area contributed by atoms with Crippen molar-refractivity contribution in [3.63, 3.8) is 0 Å². The van der Waals surface area contributed by atoms with Crippen molar-refractivity contribution in [3.05, 3.63) is 23.4 Å². The Labute approximate surface area is 129 Å². The van der Waals surface area contributed by atoms with E-state index >= 15 is 0 Å². The number of aromatic nitrogens is 1. The highest BCUT2D eigenvalue weighted by Crippen LogP contribution is 2.21. The molecule has 21 heavy (non-hydrogen) atoms. The molecule has 1 N–H and O–H groups in total. The minimum atomic E-state index is 0.652. The number of anilines is 1. The van der Waals surface area contributed by atoms with Crippen LogP contribution in [0.3, 0.4) is 0 Å². The number of pyridine rings is 1. The molecular weight excluding hydrogens is 260 g/mol. The summed E-state index contributed by atoms with van der Waals surface area (Å²) in [6.07, 6.45) is 1.23. The van der Waals surface area contributed by atoms with Gasteiger partial charge in [-0.1, -0.05) is 19.9 Å². The third kappa shape index (κ3) is 4.42. The van der Waals surface area contributed by atoms with E-state index < -0.39 is 0 Å². The van der Waals surface area contributed by atoms with Crippen LogP contribution in [0.5, 0.6) is 0 Å². The molecule has 2 heterocycles. The van der Waals surface area contributed by atoms with Gasteiger partial charge < -0.3 is 15.1 Å². The Balaban J connectivity index is 1.96. The van der Waals surface area contributed by atoms with Crippen molar-refractivity contribution in [2.45, 2.75) is 39.8 Å². The first-order valence-corrected chi connectivity index (χ1v) is 8.06. The fraction of sp³-hybridized carbons (Fsp3) is 0.706. The van der Waals surface area contributed by atoms with Crippen LogP contribution >= 0.6 is 0 Å². The molecule has 0 aromatic carbocycles. The standard InChI is InChI=1S/C17H30N4/c1-13(2)10-18-11-15-6-7-17(19-14(15)3)21-9-8-16(12-21)20(4)5/h6-7,13,16,18H,8-12H2,1-5H3. The Hall–Kier alpha value is -1.13. The molecular formula is C17H30N4. The van der Waals surface area contributed by atoms with E-state index in [0.29, 0.717) is 12.0 Å². The lowest BCUT2D eigenvalue weighted by Crippen LogP contribution is -2.31. The number of rotatable bonds is 6. The fourth-order valence-corrected chi connectivity index (χ4v) is 2.81. The monoisotopic (exact) mass is 290 g/mol. The van der Waals surface area contributed by atoms with Crippen molar-refractivity contribution in [1.82, 2.24) is 15.2 Å². The van der Waals surface area contributed by atoms with Gasteiger partial charge in [-0.2, -0.15) is 0 Å². The number of hydrogen-bond donors (Lipinski definition) is 1. The van der Waals surface area contributed by atoms with E-state index in [-0.39, 0.29) is 0 Å². The highest BCUT2D eigenvalue weighted by molar-refractivity contribution is 5.43. The van der Waals surface area contributed by atoms with Crippen LogP contribution in [-0.2, 0) is 6.54 Å². The van der Waals surface area contributed by atoms with Gasteiger partial charge in [0.25, 0.3) is 0 Å². The summed E-state index contributed by atoms with van der Waals surface area (Å²) in [6.45, 7) is 10.8. The lowest BCUT2D eigenvalue weighted by molar-refractivity contribution is 0.315. The average molecular weight is 290 g/mol. The van der Waals surface area contributed by atoms with Crippen LogP contribution in [0.15, 0.2) is 12.1 Å². The maximum Gasteiger partial charge on any atom is 0.128 e. The van der Waals surface area contributed by atoms with Crippen molar-refractivity contribution in [2.24, 2.45) is 5.92 Å². The molecule has 4 nitrogen and oxygen atoms in total. The van der Waals surface area contributed by atoms with E-state index in [9.17, 15) is 0 Å². The van der Waals surface area contributed by atoms with E-state index in [1.807, 2.05) is 0 Å². The minimum Gasteiger partial charge on any atom is -0.355 e. The summed E-state index contributed by atoms with van der Waals surface area (Å²) in [5.41, 5.74) is 2.46. The van der Waals surface area contributed by atoms with Gasteiger partial charge in [0, 0.05) is 31.4 Å². The van der Waals surface area contributed by atoms with Gasteiger partial charge in [-0.05, 0) is 51.5 Å². The first-order valence-electron chi connectivity index (χ1n) is 8.06. The van der Waals surface area contributed by atoms with Gasteiger partial charge in [0.15, 0.2) is 0 Å². The summed E-state index contributed by atoms with van der Waals surface area (Å²) in [4.78, 5) is 9.54. The summed E-state index contributed by atoms with van der Waals surface area (Å²) in [6, 6.07) is 5.06. The Kier molecular flexibility index (Phi) is 5.59. The maximum absolute atomic E-state index is 4.81. The zero-order chi connectivity index (χ0) is 15.4. The highest BCUT2D eigenvalue weighted by Gasteiger charge is 2.24. The molecule has 1 aliphatic rings. The predicted octanol–water partition coefficient (Wildman–Crippen LogP) is 2.28. The van der Waals surface area contributed by atoms with Gasteiger partial charge in [0.05, 0.1) is 0 Å². The van der Waals surface area contributed by atoms with Crippen LogP contribution in [0.1, 0.15) is 31.5 Å². The van der Waals surface area contributed by atoms with Gasteiger partial charge in [0.2, 0.25) is 0 Å². The third-order valence-electron chi connectivity index (χ3n) is 4.27.